The van der Waals surface area contributed by atoms with Crippen molar-refractivity contribution in [1.82, 2.24) is 5.32 Å². The summed E-state index contributed by atoms with van der Waals surface area (Å²) in [5.74, 6) is -0.525. The first-order valence-corrected chi connectivity index (χ1v) is 8.62. The lowest BCUT2D eigenvalue weighted by atomic mass is 10.0. The molecule has 1 atom stereocenters. The van der Waals surface area contributed by atoms with Gasteiger partial charge in [-0.15, -0.1) is 0 Å². The van der Waals surface area contributed by atoms with Crippen LogP contribution in [0, 0.1) is 12.7 Å². The molecular formula is C14H21FN2O2S. The number of anilines is 1. The van der Waals surface area contributed by atoms with Gasteiger partial charge in [0, 0.05) is 6.04 Å². The number of hydrogen-bond donors (Lipinski definition) is 2. The van der Waals surface area contributed by atoms with E-state index in [1.54, 1.807) is 19.1 Å². The molecule has 4 nitrogen and oxygen atoms in total. The quantitative estimate of drug-likeness (QED) is 0.878. The Morgan fingerprint density at radius 2 is 2.20 bits per heavy atom. The Bertz CT molecular complexity index is 534. The van der Waals surface area contributed by atoms with E-state index in [0.717, 1.165) is 25.8 Å². The van der Waals surface area contributed by atoms with Crippen molar-refractivity contribution in [2.75, 3.05) is 17.0 Å². The van der Waals surface area contributed by atoms with Gasteiger partial charge in [-0.25, -0.2) is 12.8 Å². The van der Waals surface area contributed by atoms with Gasteiger partial charge in [0.1, 0.15) is 5.82 Å². The normalized spacial score (nSPS) is 19.8. The summed E-state index contributed by atoms with van der Waals surface area (Å²) in [6.45, 7) is 2.63. The maximum absolute atomic E-state index is 13.6. The number of hydrogen-bond acceptors (Lipinski definition) is 3. The number of halogens is 1. The van der Waals surface area contributed by atoms with Crippen molar-refractivity contribution in [2.24, 2.45) is 0 Å². The number of para-hydroxylation sites is 1. The van der Waals surface area contributed by atoms with Gasteiger partial charge in [-0.1, -0.05) is 18.6 Å². The van der Waals surface area contributed by atoms with Crippen molar-refractivity contribution in [3.05, 3.63) is 29.6 Å². The molecule has 2 rings (SSSR count). The molecule has 0 spiro atoms. The molecule has 0 saturated carbocycles. The van der Waals surface area contributed by atoms with Crippen LogP contribution < -0.4 is 10.0 Å². The van der Waals surface area contributed by atoms with Crippen molar-refractivity contribution in [3.63, 3.8) is 0 Å². The van der Waals surface area contributed by atoms with Gasteiger partial charge >= 0.3 is 0 Å². The molecule has 0 bridgehead atoms. The van der Waals surface area contributed by atoms with Crippen molar-refractivity contribution >= 4 is 15.7 Å². The van der Waals surface area contributed by atoms with Gasteiger partial charge in [-0.3, -0.25) is 4.72 Å². The highest BCUT2D eigenvalue weighted by Gasteiger charge is 2.19. The molecule has 20 heavy (non-hydrogen) atoms. The molecule has 1 heterocycles. The van der Waals surface area contributed by atoms with E-state index in [4.69, 9.17) is 0 Å². The molecule has 2 N–H and O–H groups in total. The molecule has 1 aromatic carbocycles. The molecule has 1 fully saturated rings. The first-order valence-electron chi connectivity index (χ1n) is 6.97. The maximum atomic E-state index is 13.6. The molecule has 1 aromatic rings. The minimum absolute atomic E-state index is 0.0123. The van der Waals surface area contributed by atoms with Crippen molar-refractivity contribution < 1.29 is 12.8 Å². The van der Waals surface area contributed by atoms with Gasteiger partial charge in [0.25, 0.3) is 0 Å². The van der Waals surface area contributed by atoms with E-state index in [1.165, 1.54) is 6.07 Å². The molecule has 1 aliphatic rings. The summed E-state index contributed by atoms with van der Waals surface area (Å²) in [5.41, 5.74) is 0.647. The van der Waals surface area contributed by atoms with Gasteiger partial charge in [-0.05, 0) is 44.4 Å². The van der Waals surface area contributed by atoms with Gasteiger partial charge in [-0.2, -0.15) is 0 Å². The fourth-order valence-corrected chi connectivity index (χ4v) is 3.70. The number of benzene rings is 1. The van der Waals surface area contributed by atoms with E-state index >= 15 is 0 Å². The van der Waals surface area contributed by atoms with E-state index in [2.05, 4.69) is 10.0 Å². The van der Waals surface area contributed by atoms with Gasteiger partial charge in [0.05, 0.1) is 11.4 Å². The zero-order valence-corrected chi connectivity index (χ0v) is 12.5. The number of piperidine rings is 1. The summed E-state index contributed by atoms with van der Waals surface area (Å²) in [4.78, 5) is 0. The van der Waals surface area contributed by atoms with E-state index in [0.29, 0.717) is 12.0 Å². The number of aryl methyl sites for hydroxylation is 1. The molecular weight excluding hydrogens is 279 g/mol. The molecule has 0 aliphatic carbocycles. The third kappa shape index (κ3) is 4.18. The van der Waals surface area contributed by atoms with Crippen LogP contribution in [0.25, 0.3) is 0 Å². The topological polar surface area (TPSA) is 58.2 Å². The van der Waals surface area contributed by atoms with Crippen LogP contribution in [0.15, 0.2) is 18.2 Å². The highest BCUT2D eigenvalue weighted by molar-refractivity contribution is 7.92. The van der Waals surface area contributed by atoms with Crippen LogP contribution in [0.4, 0.5) is 10.1 Å². The van der Waals surface area contributed by atoms with E-state index in [1.807, 2.05) is 0 Å². The van der Waals surface area contributed by atoms with Crippen LogP contribution in [0.5, 0.6) is 0 Å². The molecule has 0 amide bonds. The first kappa shape index (κ1) is 15.3. The van der Waals surface area contributed by atoms with E-state index < -0.39 is 15.8 Å². The molecule has 1 aliphatic heterocycles. The molecule has 6 heteroatoms. The standard InChI is InChI=1S/C14H21FN2O2S/c1-11-5-4-7-13(15)14(11)17-20(18,19)10-8-12-6-2-3-9-16-12/h4-5,7,12,16-17H,2-3,6,8-10H2,1H3. The maximum Gasteiger partial charge on any atom is 0.232 e. The van der Waals surface area contributed by atoms with Crippen LogP contribution in [-0.4, -0.2) is 26.8 Å². The first-order chi connectivity index (χ1) is 9.48. The summed E-state index contributed by atoms with van der Waals surface area (Å²) < 4.78 is 40.1. The molecule has 112 valence electrons. The second-order valence-electron chi connectivity index (χ2n) is 5.29. The zero-order chi connectivity index (χ0) is 14.6. The summed E-state index contributed by atoms with van der Waals surface area (Å²) in [6.07, 6.45) is 3.85. The number of nitrogens with one attached hydrogen (secondary N) is 2. The average molecular weight is 300 g/mol. The molecule has 1 saturated heterocycles. The summed E-state index contributed by atoms with van der Waals surface area (Å²) in [7, 11) is -3.51. The predicted octanol–water partition coefficient (Wildman–Crippen LogP) is 2.41. The molecule has 1 unspecified atom stereocenters. The van der Waals surface area contributed by atoms with Crippen LogP contribution in [0.2, 0.25) is 0 Å². The Morgan fingerprint density at radius 3 is 2.85 bits per heavy atom. The third-order valence-corrected chi connectivity index (χ3v) is 4.92. The Hall–Kier alpha value is -1.14. The molecule has 0 aromatic heterocycles. The second kappa shape index (κ2) is 6.54. The highest BCUT2D eigenvalue weighted by atomic mass is 32.2. The van der Waals surface area contributed by atoms with Crippen molar-refractivity contribution in [1.29, 1.82) is 0 Å². The lowest BCUT2D eigenvalue weighted by Gasteiger charge is -2.23. The highest BCUT2D eigenvalue weighted by Crippen LogP contribution is 2.20. The van der Waals surface area contributed by atoms with Crippen molar-refractivity contribution in [2.45, 2.75) is 38.6 Å². The monoisotopic (exact) mass is 300 g/mol. The third-order valence-electron chi connectivity index (χ3n) is 3.63. The van der Waals surface area contributed by atoms with Gasteiger partial charge < -0.3 is 5.32 Å². The fourth-order valence-electron chi connectivity index (χ4n) is 2.44. The second-order valence-corrected chi connectivity index (χ2v) is 7.13. The Kier molecular flexibility index (Phi) is 4.99. The lowest BCUT2D eigenvalue weighted by molar-refractivity contribution is 0.393. The van der Waals surface area contributed by atoms with Crippen LogP contribution in [0.1, 0.15) is 31.2 Å². The predicted molar refractivity (Wildman–Crippen MR) is 78.8 cm³/mol. The van der Waals surface area contributed by atoms with Crippen LogP contribution >= 0.6 is 0 Å². The van der Waals surface area contributed by atoms with E-state index in [-0.39, 0.29) is 17.5 Å². The minimum atomic E-state index is -3.51. The smallest absolute Gasteiger partial charge is 0.232 e. The largest absolute Gasteiger partial charge is 0.314 e. The average Bonchev–Trinajstić information content (AvgIpc) is 2.42. The minimum Gasteiger partial charge on any atom is -0.314 e. The zero-order valence-electron chi connectivity index (χ0n) is 11.7. The summed E-state index contributed by atoms with van der Waals surface area (Å²) in [6, 6.07) is 4.76. The SMILES string of the molecule is Cc1cccc(F)c1NS(=O)(=O)CCC1CCCCN1. The number of rotatable bonds is 5. The molecule has 0 radical (unpaired) electrons. The summed E-state index contributed by atoms with van der Waals surface area (Å²) in [5, 5.41) is 3.31. The van der Waals surface area contributed by atoms with Crippen LogP contribution in [0.3, 0.4) is 0 Å². The Labute approximate surface area is 119 Å². The fraction of sp³-hybridized carbons (Fsp3) is 0.571. The summed E-state index contributed by atoms with van der Waals surface area (Å²) >= 11 is 0. The van der Waals surface area contributed by atoms with Crippen LogP contribution in [-0.2, 0) is 10.0 Å². The van der Waals surface area contributed by atoms with E-state index in [9.17, 15) is 12.8 Å². The van der Waals surface area contributed by atoms with Gasteiger partial charge in [0.2, 0.25) is 10.0 Å². The lowest BCUT2D eigenvalue weighted by Crippen LogP contribution is -2.36. The number of sulfonamides is 1. The van der Waals surface area contributed by atoms with Crippen molar-refractivity contribution in [3.8, 4) is 0 Å². The Balaban J connectivity index is 1.96. The van der Waals surface area contributed by atoms with Gasteiger partial charge in [0.15, 0.2) is 0 Å². The Morgan fingerprint density at radius 1 is 1.40 bits per heavy atom.